The van der Waals surface area contributed by atoms with Crippen LogP contribution < -0.4 is 0 Å². The average Bonchev–Trinajstić information content (AvgIpc) is 2.46. The lowest BCUT2D eigenvalue weighted by atomic mass is 10.0. The minimum atomic E-state index is -1.35. The van der Waals surface area contributed by atoms with Crippen LogP contribution in [-0.2, 0) is 9.30 Å². The van der Waals surface area contributed by atoms with Crippen LogP contribution in [0.15, 0.2) is 5.11 Å². The molecular formula is C7H12N3O4P. The summed E-state index contributed by atoms with van der Waals surface area (Å²) in [6.07, 6.45) is -2.81. The van der Waals surface area contributed by atoms with Crippen molar-refractivity contribution in [3.05, 3.63) is 10.4 Å². The fourth-order valence-corrected chi connectivity index (χ4v) is 1.80. The minimum absolute atomic E-state index is 0.0438. The van der Waals surface area contributed by atoms with Crippen molar-refractivity contribution in [2.75, 3.05) is 0 Å². The van der Waals surface area contributed by atoms with Gasteiger partial charge in [-0.3, -0.25) is 4.57 Å². The second kappa shape index (κ2) is 5.39. The van der Waals surface area contributed by atoms with Gasteiger partial charge in [0.15, 0.2) is 14.8 Å². The summed E-state index contributed by atoms with van der Waals surface area (Å²) >= 11 is 0. The Kier molecular flexibility index (Phi) is 4.45. The highest BCUT2D eigenvalue weighted by Gasteiger charge is 2.42. The molecule has 0 aromatic heterocycles. The standard InChI is InChI=1S/C7H12N3O4P/c1-3(15-13)2-4-5(9-10-8)6(11)7(12)14-4/h3-7,11-12H,2H2,1H3. The van der Waals surface area contributed by atoms with Gasteiger partial charge in [-0.1, -0.05) is 12.0 Å². The average molecular weight is 233 g/mol. The van der Waals surface area contributed by atoms with E-state index in [0.717, 1.165) is 0 Å². The first-order valence-corrected chi connectivity index (χ1v) is 5.36. The molecule has 84 valence electrons. The normalized spacial score (nSPS) is 37.5. The summed E-state index contributed by atoms with van der Waals surface area (Å²) in [6, 6.07) is -0.825. The van der Waals surface area contributed by atoms with E-state index in [4.69, 9.17) is 10.3 Å². The number of hydrogen-bond donors (Lipinski definition) is 2. The Morgan fingerprint density at radius 3 is 2.87 bits per heavy atom. The summed E-state index contributed by atoms with van der Waals surface area (Å²) in [4.78, 5) is 2.58. The number of azide groups is 1. The van der Waals surface area contributed by atoms with Gasteiger partial charge in [0.25, 0.3) is 0 Å². The highest BCUT2D eigenvalue weighted by atomic mass is 31.1. The van der Waals surface area contributed by atoms with Crippen molar-refractivity contribution in [1.82, 2.24) is 0 Å². The molecule has 0 amide bonds. The molecule has 0 aromatic rings. The Labute approximate surface area is 87.9 Å². The van der Waals surface area contributed by atoms with Gasteiger partial charge in [-0.05, 0) is 12.0 Å². The Hall–Kier alpha value is -0.710. The Balaban J connectivity index is 2.70. The van der Waals surface area contributed by atoms with E-state index in [-0.39, 0.29) is 14.1 Å². The molecule has 0 radical (unpaired) electrons. The Morgan fingerprint density at radius 1 is 1.67 bits per heavy atom. The van der Waals surface area contributed by atoms with Gasteiger partial charge in [-0.25, -0.2) is 0 Å². The third kappa shape index (κ3) is 2.87. The van der Waals surface area contributed by atoms with Crippen molar-refractivity contribution >= 4 is 8.46 Å². The van der Waals surface area contributed by atoms with Crippen molar-refractivity contribution in [1.29, 1.82) is 0 Å². The lowest BCUT2D eigenvalue weighted by molar-refractivity contribution is -0.127. The zero-order valence-corrected chi connectivity index (χ0v) is 8.99. The molecule has 0 bridgehead atoms. The van der Waals surface area contributed by atoms with E-state index in [1.807, 2.05) is 0 Å². The number of rotatable bonds is 4. The number of aliphatic hydroxyl groups is 2. The molecule has 1 fully saturated rings. The highest BCUT2D eigenvalue weighted by molar-refractivity contribution is 7.24. The molecule has 0 spiro atoms. The van der Waals surface area contributed by atoms with Crippen LogP contribution in [0.5, 0.6) is 0 Å². The third-order valence-electron chi connectivity index (χ3n) is 2.28. The molecule has 5 unspecified atom stereocenters. The second-order valence-electron chi connectivity index (χ2n) is 3.44. The molecule has 1 aliphatic heterocycles. The summed E-state index contributed by atoms with van der Waals surface area (Å²) in [5.74, 6) is 0. The fraction of sp³-hybridized carbons (Fsp3) is 1.00. The Bertz CT molecular complexity index is 283. The highest BCUT2D eigenvalue weighted by Crippen LogP contribution is 2.28. The second-order valence-corrected chi connectivity index (χ2v) is 4.53. The van der Waals surface area contributed by atoms with Gasteiger partial charge < -0.3 is 14.9 Å². The van der Waals surface area contributed by atoms with Crippen LogP contribution in [0.25, 0.3) is 10.4 Å². The van der Waals surface area contributed by atoms with Gasteiger partial charge in [-0.2, -0.15) is 0 Å². The molecular weight excluding hydrogens is 221 g/mol. The van der Waals surface area contributed by atoms with Gasteiger partial charge in [0.05, 0.1) is 12.1 Å². The Morgan fingerprint density at radius 2 is 2.33 bits per heavy atom. The largest absolute Gasteiger partial charge is 0.387 e. The van der Waals surface area contributed by atoms with Gasteiger partial charge in [0.2, 0.25) is 0 Å². The van der Waals surface area contributed by atoms with Gasteiger partial charge in [-0.15, -0.1) is 0 Å². The molecule has 0 saturated carbocycles. The molecule has 15 heavy (non-hydrogen) atoms. The predicted molar refractivity (Wildman–Crippen MR) is 51.5 cm³/mol. The number of hydrogen-bond acceptors (Lipinski definition) is 5. The molecule has 7 nitrogen and oxygen atoms in total. The van der Waals surface area contributed by atoms with Crippen LogP contribution in [0.3, 0.4) is 0 Å². The summed E-state index contributed by atoms with van der Waals surface area (Å²) in [6.45, 7) is 1.72. The number of aliphatic hydroxyl groups excluding tert-OH is 2. The summed E-state index contributed by atoms with van der Waals surface area (Å²) < 4.78 is 15.5. The molecule has 0 aliphatic carbocycles. The lowest BCUT2D eigenvalue weighted by Gasteiger charge is -2.15. The zero-order valence-electron chi connectivity index (χ0n) is 8.09. The van der Waals surface area contributed by atoms with Crippen LogP contribution in [-0.4, -0.2) is 40.4 Å². The van der Waals surface area contributed by atoms with E-state index < -0.39 is 24.5 Å². The first-order chi connectivity index (χ1) is 7.10. The van der Waals surface area contributed by atoms with E-state index >= 15 is 0 Å². The van der Waals surface area contributed by atoms with E-state index in [2.05, 4.69) is 10.0 Å². The SMILES string of the molecule is CC(CC1OC(O)C(O)C1N=[N+]=[N-])P=O. The predicted octanol–water partition coefficient (Wildman–Crippen LogP) is 0.814. The molecule has 0 aromatic carbocycles. The zero-order chi connectivity index (χ0) is 11.4. The summed E-state index contributed by atoms with van der Waals surface area (Å²) in [5.41, 5.74) is 8.11. The molecule has 1 aliphatic rings. The van der Waals surface area contributed by atoms with Crippen LogP contribution in [0, 0.1) is 0 Å². The van der Waals surface area contributed by atoms with Gasteiger partial charge in [0.1, 0.15) is 6.10 Å². The maximum absolute atomic E-state index is 10.5. The minimum Gasteiger partial charge on any atom is -0.387 e. The van der Waals surface area contributed by atoms with Crippen LogP contribution in [0.4, 0.5) is 0 Å². The van der Waals surface area contributed by atoms with E-state index in [9.17, 15) is 14.8 Å². The smallest absolute Gasteiger partial charge is 0.181 e. The van der Waals surface area contributed by atoms with Crippen molar-refractivity contribution in [2.45, 2.75) is 43.5 Å². The maximum atomic E-state index is 10.5. The van der Waals surface area contributed by atoms with Crippen molar-refractivity contribution in [3.63, 3.8) is 0 Å². The molecule has 5 atom stereocenters. The quantitative estimate of drug-likeness (QED) is 0.323. The first kappa shape index (κ1) is 12.4. The third-order valence-corrected chi connectivity index (χ3v) is 2.85. The number of ether oxygens (including phenoxy) is 1. The van der Waals surface area contributed by atoms with Gasteiger partial charge >= 0.3 is 0 Å². The van der Waals surface area contributed by atoms with E-state index in [1.165, 1.54) is 0 Å². The lowest BCUT2D eigenvalue weighted by Crippen LogP contribution is -2.31. The van der Waals surface area contributed by atoms with Crippen molar-refractivity contribution in [3.8, 4) is 0 Å². The topological polar surface area (TPSA) is 116 Å². The fourth-order valence-electron chi connectivity index (χ4n) is 1.51. The first-order valence-electron chi connectivity index (χ1n) is 4.48. The summed E-state index contributed by atoms with van der Waals surface area (Å²) in [7, 11) is -0.0438. The van der Waals surface area contributed by atoms with Crippen molar-refractivity contribution < 1.29 is 19.5 Å². The molecule has 1 rings (SSSR count). The summed E-state index contributed by atoms with van der Waals surface area (Å²) in [5, 5.41) is 22.0. The van der Waals surface area contributed by atoms with Crippen LogP contribution >= 0.6 is 8.46 Å². The van der Waals surface area contributed by atoms with Gasteiger partial charge in [0, 0.05) is 10.6 Å². The van der Waals surface area contributed by atoms with Crippen LogP contribution in [0.2, 0.25) is 0 Å². The molecule has 1 saturated heterocycles. The van der Waals surface area contributed by atoms with Crippen molar-refractivity contribution in [2.24, 2.45) is 5.11 Å². The van der Waals surface area contributed by atoms with E-state index in [1.54, 1.807) is 6.92 Å². The molecule has 2 N–H and O–H groups in total. The molecule has 8 heteroatoms. The van der Waals surface area contributed by atoms with Crippen LogP contribution in [0.1, 0.15) is 13.3 Å². The monoisotopic (exact) mass is 233 g/mol. The van der Waals surface area contributed by atoms with E-state index in [0.29, 0.717) is 6.42 Å². The molecule has 1 heterocycles. The number of nitrogens with zero attached hydrogens (tertiary/aromatic N) is 3. The maximum Gasteiger partial charge on any atom is 0.181 e.